The number of allylic oxidation sites excluding steroid dienone is 2. The number of nitrogens with one attached hydrogen (secondary N) is 1. The van der Waals surface area contributed by atoms with Crippen molar-refractivity contribution in [2.75, 3.05) is 0 Å². The van der Waals surface area contributed by atoms with Crippen LogP contribution in [-0.2, 0) is 32.4 Å². The van der Waals surface area contributed by atoms with E-state index in [1.54, 1.807) is 0 Å². The zero-order valence-corrected chi connectivity index (χ0v) is 24.6. The summed E-state index contributed by atoms with van der Waals surface area (Å²) >= 11 is 1.82. The predicted molar refractivity (Wildman–Crippen MR) is 159 cm³/mol. The molecule has 0 aromatic heterocycles. The molecule has 0 saturated carbocycles. The SMILES string of the molecule is C=O.C=O.CC(C)NC1(c2ccccc2)[C-]=C(c2ccccc2)C(c2ccccc2)=C1c1ccccc1.[Cl][Ru+]. The number of carbonyl (C=O) groups is 2. The average Bonchev–Trinajstić information content (AvgIpc) is 3.37. The van der Waals surface area contributed by atoms with Crippen molar-refractivity contribution < 1.29 is 26.9 Å². The van der Waals surface area contributed by atoms with Crippen LogP contribution in [0.25, 0.3) is 16.7 Å². The third kappa shape index (κ3) is 7.37. The first-order valence-electron chi connectivity index (χ1n) is 12.3. The Kier molecular flexibility index (Phi) is 13.5. The van der Waals surface area contributed by atoms with Crippen LogP contribution >= 0.6 is 9.69 Å². The topological polar surface area (TPSA) is 46.2 Å². The minimum atomic E-state index is -0.576. The van der Waals surface area contributed by atoms with Crippen LogP contribution in [0.4, 0.5) is 0 Å². The van der Waals surface area contributed by atoms with E-state index in [9.17, 15) is 0 Å². The fourth-order valence-electron chi connectivity index (χ4n) is 4.83. The minimum absolute atomic E-state index is 0.253. The summed E-state index contributed by atoms with van der Waals surface area (Å²) in [6.45, 7) is 8.41. The summed E-state index contributed by atoms with van der Waals surface area (Å²) in [6.07, 6.45) is 4.00. The monoisotopic (exact) mass is 623 g/mol. The molecule has 0 fully saturated rings. The summed E-state index contributed by atoms with van der Waals surface area (Å²) in [5.41, 5.74) is 7.80. The van der Waals surface area contributed by atoms with Gasteiger partial charge in [0, 0.05) is 11.6 Å². The van der Waals surface area contributed by atoms with Gasteiger partial charge in [-0.15, -0.1) is 23.3 Å². The molecule has 1 atom stereocenters. The first-order valence-corrected chi connectivity index (χ1v) is 14.5. The molecule has 0 aliphatic heterocycles. The molecule has 0 bridgehead atoms. The molecule has 0 spiro atoms. The molecule has 5 heteroatoms. The molecule has 0 saturated heterocycles. The van der Waals surface area contributed by atoms with Crippen molar-refractivity contribution in [1.29, 1.82) is 0 Å². The summed E-state index contributed by atoms with van der Waals surface area (Å²) < 4.78 is 0. The fourth-order valence-corrected chi connectivity index (χ4v) is 4.83. The van der Waals surface area contributed by atoms with Crippen molar-refractivity contribution in [3.05, 3.63) is 150 Å². The summed E-state index contributed by atoms with van der Waals surface area (Å²) in [5, 5.41) is 3.93. The molecule has 5 rings (SSSR count). The maximum atomic E-state index is 8.00. The van der Waals surface area contributed by atoms with E-state index in [0.29, 0.717) is 0 Å². The Morgan fingerprint density at radius 1 is 0.641 bits per heavy atom. The van der Waals surface area contributed by atoms with Gasteiger partial charge in [0.05, 0.1) is 0 Å². The van der Waals surface area contributed by atoms with Gasteiger partial charge in [0.2, 0.25) is 0 Å². The van der Waals surface area contributed by atoms with Crippen LogP contribution in [0.15, 0.2) is 121 Å². The quantitative estimate of drug-likeness (QED) is 0.177. The van der Waals surface area contributed by atoms with Crippen molar-refractivity contribution in [2.45, 2.75) is 25.4 Å². The van der Waals surface area contributed by atoms with E-state index in [1.165, 1.54) is 33.4 Å². The molecule has 0 heterocycles. The molecule has 1 N–H and O–H groups in total. The van der Waals surface area contributed by atoms with E-state index in [-0.39, 0.29) is 6.04 Å². The normalized spacial score (nSPS) is 15.6. The van der Waals surface area contributed by atoms with Gasteiger partial charge in [0.25, 0.3) is 0 Å². The molecule has 1 aliphatic rings. The summed E-state index contributed by atoms with van der Waals surface area (Å²) in [6, 6.07) is 43.1. The van der Waals surface area contributed by atoms with Gasteiger partial charge in [0.1, 0.15) is 13.6 Å². The van der Waals surface area contributed by atoms with E-state index in [2.05, 4.69) is 156 Å². The van der Waals surface area contributed by atoms with Crippen LogP contribution in [-0.4, -0.2) is 19.6 Å². The van der Waals surface area contributed by atoms with Gasteiger partial charge in [-0.1, -0.05) is 134 Å². The Labute approximate surface area is 246 Å². The van der Waals surface area contributed by atoms with Crippen LogP contribution in [0.1, 0.15) is 36.1 Å². The average molecular weight is 623 g/mol. The molecule has 0 amide bonds. The van der Waals surface area contributed by atoms with Crippen molar-refractivity contribution in [3.63, 3.8) is 0 Å². The number of halogens is 1. The molecule has 4 aromatic rings. The maximum absolute atomic E-state index is 8.00. The predicted octanol–water partition coefficient (Wildman–Crippen LogP) is 7.71. The molecule has 200 valence electrons. The first-order chi connectivity index (χ1) is 19.2. The molecule has 1 aliphatic carbocycles. The summed E-state index contributed by atoms with van der Waals surface area (Å²) in [5.74, 6) is 0. The zero-order valence-electron chi connectivity index (χ0n) is 22.1. The van der Waals surface area contributed by atoms with Gasteiger partial charge in [-0.3, -0.25) is 0 Å². The number of rotatable bonds is 6. The summed E-state index contributed by atoms with van der Waals surface area (Å²) in [7, 11) is 4.57. The standard InChI is InChI=1S/C32H28N.2CH2O.ClH.Ru/c1-24(2)33-32(28-21-13-6-14-22-28)23-29(25-15-7-3-8-16-25)30(26-17-9-4-10-18-26)31(32)27-19-11-5-12-20-27;2*1-2;;/h3-22,24,33H,1-2H3;2*1H2;1H;/q-1;;;;+2/p-1. The van der Waals surface area contributed by atoms with E-state index in [4.69, 9.17) is 9.59 Å². The van der Waals surface area contributed by atoms with Gasteiger partial charge in [0.15, 0.2) is 0 Å². The zero-order chi connectivity index (χ0) is 28.7. The van der Waals surface area contributed by atoms with Crippen molar-refractivity contribution in [2.24, 2.45) is 0 Å². The van der Waals surface area contributed by atoms with E-state index in [1.807, 2.05) is 30.9 Å². The molecule has 39 heavy (non-hydrogen) atoms. The van der Waals surface area contributed by atoms with Gasteiger partial charge < -0.3 is 14.9 Å². The van der Waals surface area contributed by atoms with Crippen molar-refractivity contribution in [1.82, 2.24) is 5.32 Å². The number of hydrogen-bond donors (Lipinski definition) is 1. The number of benzene rings is 4. The third-order valence-corrected chi connectivity index (χ3v) is 6.09. The number of hydrogen-bond acceptors (Lipinski definition) is 3. The summed E-state index contributed by atoms with van der Waals surface area (Å²) in [4.78, 5) is 16.0. The molecule has 4 aromatic carbocycles. The van der Waals surface area contributed by atoms with Crippen LogP contribution in [0.3, 0.4) is 0 Å². The second-order valence-electron chi connectivity index (χ2n) is 8.76. The second kappa shape index (κ2) is 16.5. The van der Waals surface area contributed by atoms with Gasteiger partial charge in [-0.25, -0.2) is 0 Å². The van der Waals surface area contributed by atoms with E-state index in [0.717, 1.165) is 5.57 Å². The number of carbonyl (C=O) groups excluding carboxylic acids is 2. The Bertz CT molecular complexity index is 1330. The molecular formula is C34H32ClNO2Ru. The second-order valence-corrected chi connectivity index (χ2v) is 8.76. The Balaban J connectivity index is 0.000000833. The van der Waals surface area contributed by atoms with Crippen LogP contribution in [0, 0.1) is 6.08 Å². The molecular weight excluding hydrogens is 591 g/mol. The van der Waals surface area contributed by atoms with Gasteiger partial charge in [-0.05, 0) is 11.1 Å². The molecule has 1 unspecified atom stereocenters. The van der Waals surface area contributed by atoms with Gasteiger partial charge in [-0.2, -0.15) is 11.6 Å². The van der Waals surface area contributed by atoms with Crippen molar-refractivity contribution >= 4 is 40.0 Å². The molecule has 3 nitrogen and oxygen atoms in total. The third-order valence-electron chi connectivity index (χ3n) is 6.09. The van der Waals surface area contributed by atoms with Crippen molar-refractivity contribution in [3.8, 4) is 0 Å². The Hall–Kier alpha value is -3.43. The van der Waals surface area contributed by atoms with E-state index < -0.39 is 5.54 Å². The Morgan fingerprint density at radius 3 is 1.46 bits per heavy atom. The van der Waals surface area contributed by atoms with Gasteiger partial charge >= 0.3 is 27.0 Å². The van der Waals surface area contributed by atoms with Crippen LogP contribution in [0.5, 0.6) is 0 Å². The first kappa shape index (κ1) is 31.8. The van der Waals surface area contributed by atoms with E-state index >= 15 is 0 Å². The fraction of sp³-hybridized carbons (Fsp3) is 0.118. The Morgan fingerprint density at radius 2 is 1.03 bits per heavy atom. The molecule has 0 radical (unpaired) electrons. The van der Waals surface area contributed by atoms with Crippen LogP contribution in [0.2, 0.25) is 0 Å². The van der Waals surface area contributed by atoms with Crippen LogP contribution < -0.4 is 5.32 Å².